The van der Waals surface area contributed by atoms with E-state index < -0.39 is 0 Å². The van der Waals surface area contributed by atoms with Gasteiger partial charge in [-0.05, 0) is 6.07 Å². The van der Waals surface area contributed by atoms with Crippen LogP contribution >= 0.6 is 0 Å². The van der Waals surface area contributed by atoms with E-state index in [1.165, 1.54) is 0 Å². The third-order valence-corrected chi connectivity index (χ3v) is 3.98. The van der Waals surface area contributed by atoms with Crippen LogP contribution in [-0.2, 0) is 6.54 Å². The minimum atomic E-state index is 0.251. The molecule has 5 nitrogen and oxygen atoms in total. The predicted molar refractivity (Wildman–Crippen MR) is 82.8 cm³/mol. The van der Waals surface area contributed by atoms with Gasteiger partial charge in [0.15, 0.2) is 0 Å². The molecule has 1 aliphatic rings. The Morgan fingerprint density at radius 3 is 2.48 bits per heavy atom. The van der Waals surface area contributed by atoms with E-state index in [9.17, 15) is 0 Å². The lowest BCUT2D eigenvalue weighted by Crippen LogP contribution is -2.46. The maximum atomic E-state index is 8.96. The van der Waals surface area contributed by atoms with Crippen LogP contribution in [0.5, 0.6) is 0 Å². The van der Waals surface area contributed by atoms with Crippen molar-refractivity contribution < 1.29 is 5.11 Å². The second-order valence-electron chi connectivity index (χ2n) is 5.49. The Labute approximate surface area is 125 Å². The summed E-state index contributed by atoms with van der Waals surface area (Å²) in [6.07, 6.45) is 0. The fraction of sp³-hybridized carbons (Fsp3) is 0.438. The quantitative estimate of drug-likeness (QED) is 0.867. The number of rotatable bonds is 5. The Hall–Kier alpha value is -1.69. The molecule has 1 aromatic carbocycles. The number of H-pyrrole nitrogens is 1. The van der Waals surface area contributed by atoms with Crippen LogP contribution in [0.15, 0.2) is 36.4 Å². The second-order valence-corrected chi connectivity index (χ2v) is 5.49. The van der Waals surface area contributed by atoms with Gasteiger partial charge in [-0.3, -0.25) is 14.9 Å². The lowest BCUT2D eigenvalue weighted by molar-refractivity contribution is 0.107. The predicted octanol–water partition coefficient (Wildman–Crippen LogP) is 1.19. The van der Waals surface area contributed by atoms with E-state index in [1.807, 2.05) is 18.2 Å². The molecule has 1 aliphatic heterocycles. The van der Waals surface area contributed by atoms with Gasteiger partial charge in [0, 0.05) is 50.5 Å². The molecule has 0 radical (unpaired) electrons. The number of aromatic nitrogens is 2. The molecule has 0 saturated carbocycles. The molecule has 2 heterocycles. The Morgan fingerprint density at radius 1 is 1.05 bits per heavy atom. The average molecular weight is 286 g/mol. The molecule has 112 valence electrons. The molecule has 0 unspecified atom stereocenters. The number of piperazine rings is 1. The first-order chi connectivity index (χ1) is 10.3. The summed E-state index contributed by atoms with van der Waals surface area (Å²) in [6, 6.07) is 12.4. The molecule has 5 heteroatoms. The molecule has 0 amide bonds. The smallest absolute Gasteiger partial charge is 0.0924 e. The minimum absolute atomic E-state index is 0.251. The highest BCUT2D eigenvalue weighted by molar-refractivity contribution is 5.58. The number of aliphatic hydroxyl groups excluding tert-OH is 1. The number of benzene rings is 1. The first kappa shape index (κ1) is 14.3. The van der Waals surface area contributed by atoms with Crippen molar-refractivity contribution in [3.63, 3.8) is 0 Å². The van der Waals surface area contributed by atoms with Crippen LogP contribution in [-0.4, -0.2) is 64.4 Å². The number of aromatic amines is 1. The number of β-amino-alcohol motifs (C(OH)–C–C–N with tert-alkyl or cyclic N) is 1. The molecule has 1 aromatic heterocycles. The van der Waals surface area contributed by atoms with Crippen LogP contribution < -0.4 is 0 Å². The molecule has 1 fully saturated rings. The number of hydrogen-bond acceptors (Lipinski definition) is 4. The van der Waals surface area contributed by atoms with E-state index in [-0.39, 0.29) is 6.61 Å². The molecule has 0 bridgehead atoms. The van der Waals surface area contributed by atoms with Crippen molar-refractivity contribution in [2.24, 2.45) is 0 Å². The zero-order valence-electron chi connectivity index (χ0n) is 12.2. The first-order valence-corrected chi connectivity index (χ1v) is 7.50. The zero-order chi connectivity index (χ0) is 14.5. The van der Waals surface area contributed by atoms with Gasteiger partial charge in [-0.25, -0.2) is 0 Å². The molecule has 2 aromatic rings. The van der Waals surface area contributed by atoms with Gasteiger partial charge in [0.2, 0.25) is 0 Å². The Bertz CT molecular complexity index is 546. The summed E-state index contributed by atoms with van der Waals surface area (Å²) in [6.45, 7) is 6.09. The topological polar surface area (TPSA) is 55.4 Å². The summed E-state index contributed by atoms with van der Waals surface area (Å²) in [5.41, 5.74) is 3.31. The van der Waals surface area contributed by atoms with Crippen LogP contribution in [0.1, 0.15) is 5.69 Å². The second kappa shape index (κ2) is 6.85. The van der Waals surface area contributed by atoms with E-state index in [1.54, 1.807) is 0 Å². The van der Waals surface area contributed by atoms with Crippen LogP contribution in [0, 0.1) is 0 Å². The molecule has 0 atom stereocenters. The lowest BCUT2D eigenvalue weighted by atomic mass is 10.1. The van der Waals surface area contributed by atoms with Crippen molar-refractivity contribution in [3.8, 4) is 11.3 Å². The van der Waals surface area contributed by atoms with Crippen molar-refractivity contribution in [1.29, 1.82) is 0 Å². The first-order valence-electron chi connectivity index (χ1n) is 7.50. The van der Waals surface area contributed by atoms with E-state index >= 15 is 0 Å². The van der Waals surface area contributed by atoms with Crippen molar-refractivity contribution in [1.82, 2.24) is 20.0 Å². The van der Waals surface area contributed by atoms with Gasteiger partial charge in [0.1, 0.15) is 0 Å². The SMILES string of the molecule is OCCN1CCN(Cc2cc(-c3ccccc3)n[nH]2)CC1. The zero-order valence-corrected chi connectivity index (χ0v) is 12.2. The summed E-state index contributed by atoms with van der Waals surface area (Å²) < 4.78 is 0. The molecule has 0 spiro atoms. The normalized spacial score (nSPS) is 17.2. The summed E-state index contributed by atoms with van der Waals surface area (Å²) in [7, 11) is 0. The highest BCUT2D eigenvalue weighted by Gasteiger charge is 2.17. The van der Waals surface area contributed by atoms with Crippen LogP contribution in [0.4, 0.5) is 0 Å². The largest absolute Gasteiger partial charge is 0.395 e. The third kappa shape index (κ3) is 3.69. The molecule has 0 aliphatic carbocycles. The minimum Gasteiger partial charge on any atom is -0.395 e. The fourth-order valence-electron chi connectivity index (χ4n) is 2.75. The van der Waals surface area contributed by atoms with Gasteiger partial charge in [-0.15, -0.1) is 0 Å². The molecule has 2 N–H and O–H groups in total. The van der Waals surface area contributed by atoms with Crippen molar-refractivity contribution in [2.75, 3.05) is 39.3 Å². The van der Waals surface area contributed by atoms with Crippen molar-refractivity contribution in [2.45, 2.75) is 6.54 Å². The van der Waals surface area contributed by atoms with Crippen molar-refractivity contribution >= 4 is 0 Å². The number of nitrogens with one attached hydrogen (secondary N) is 1. The maximum absolute atomic E-state index is 8.96. The summed E-state index contributed by atoms with van der Waals surface area (Å²) in [5.74, 6) is 0. The maximum Gasteiger partial charge on any atom is 0.0924 e. The number of aliphatic hydroxyl groups is 1. The van der Waals surface area contributed by atoms with Gasteiger partial charge in [-0.2, -0.15) is 5.10 Å². The highest BCUT2D eigenvalue weighted by Crippen LogP contribution is 2.18. The van der Waals surface area contributed by atoms with Gasteiger partial charge in [0.25, 0.3) is 0 Å². The Balaban J connectivity index is 1.56. The van der Waals surface area contributed by atoms with Gasteiger partial charge in [0.05, 0.1) is 12.3 Å². The van der Waals surface area contributed by atoms with Crippen LogP contribution in [0.25, 0.3) is 11.3 Å². The lowest BCUT2D eigenvalue weighted by Gasteiger charge is -2.33. The molecular weight excluding hydrogens is 264 g/mol. The van der Waals surface area contributed by atoms with Gasteiger partial charge >= 0.3 is 0 Å². The fourth-order valence-corrected chi connectivity index (χ4v) is 2.75. The summed E-state index contributed by atoms with van der Waals surface area (Å²) >= 11 is 0. The number of hydrogen-bond donors (Lipinski definition) is 2. The molecule has 1 saturated heterocycles. The number of nitrogens with zero attached hydrogens (tertiary/aromatic N) is 3. The van der Waals surface area contributed by atoms with E-state index in [0.29, 0.717) is 0 Å². The van der Waals surface area contributed by atoms with Crippen LogP contribution in [0.3, 0.4) is 0 Å². The Kier molecular flexibility index (Phi) is 4.65. The molecule has 3 rings (SSSR count). The summed E-state index contributed by atoms with van der Waals surface area (Å²) in [5, 5.41) is 16.5. The van der Waals surface area contributed by atoms with E-state index in [2.05, 4.69) is 38.2 Å². The Morgan fingerprint density at radius 2 is 1.76 bits per heavy atom. The van der Waals surface area contributed by atoms with Gasteiger partial charge in [-0.1, -0.05) is 30.3 Å². The summed E-state index contributed by atoms with van der Waals surface area (Å²) in [4.78, 5) is 4.73. The van der Waals surface area contributed by atoms with E-state index in [0.717, 1.165) is 56.2 Å². The molecule has 21 heavy (non-hydrogen) atoms. The van der Waals surface area contributed by atoms with Crippen LogP contribution in [0.2, 0.25) is 0 Å². The van der Waals surface area contributed by atoms with E-state index in [4.69, 9.17) is 5.11 Å². The average Bonchev–Trinajstić information content (AvgIpc) is 2.99. The standard InChI is InChI=1S/C16H22N4O/c21-11-10-19-6-8-20(9-7-19)13-15-12-16(18-17-15)14-4-2-1-3-5-14/h1-5,12,21H,6-11,13H2,(H,17,18). The highest BCUT2D eigenvalue weighted by atomic mass is 16.3. The third-order valence-electron chi connectivity index (χ3n) is 3.98. The van der Waals surface area contributed by atoms with Crippen molar-refractivity contribution in [3.05, 3.63) is 42.1 Å². The molecular formula is C16H22N4O. The van der Waals surface area contributed by atoms with Gasteiger partial charge < -0.3 is 5.11 Å². The monoisotopic (exact) mass is 286 g/mol.